The summed E-state index contributed by atoms with van der Waals surface area (Å²) in [5, 5.41) is 12.7. The summed E-state index contributed by atoms with van der Waals surface area (Å²) in [5.74, 6) is 0.423. The van der Waals surface area contributed by atoms with Crippen molar-refractivity contribution < 1.29 is 14.6 Å². The molecule has 1 aromatic rings. The molecule has 4 nitrogen and oxygen atoms in total. The molecule has 4 heteroatoms. The maximum Gasteiger partial charge on any atom is 0.255 e. The number of aliphatic hydroxyl groups is 1. The zero-order chi connectivity index (χ0) is 14.2. The first-order valence-corrected chi connectivity index (χ1v) is 6.50. The molecule has 1 aliphatic carbocycles. The van der Waals surface area contributed by atoms with Crippen molar-refractivity contribution in [1.82, 2.24) is 5.32 Å². The van der Waals surface area contributed by atoms with Gasteiger partial charge in [-0.3, -0.25) is 4.79 Å². The van der Waals surface area contributed by atoms with Crippen LogP contribution in [0.1, 0.15) is 36.2 Å². The van der Waals surface area contributed by atoms with Crippen LogP contribution >= 0.6 is 0 Å². The second-order valence-corrected chi connectivity index (χ2v) is 5.80. The molecule has 1 saturated carbocycles. The van der Waals surface area contributed by atoms with E-state index >= 15 is 0 Å². The number of hydrogen-bond donors (Lipinski definition) is 2. The van der Waals surface area contributed by atoms with Crippen LogP contribution in [0.5, 0.6) is 5.75 Å². The Bertz CT molecular complexity index is 496. The van der Waals surface area contributed by atoms with Gasteiger partial charge in [-0.05, 0) is 25.5 Å². The molecule has 1 amide bonds. The highest BCUT2D eigenvalue weighted by Crippen LogP contribution is 2.40. The summed E-state index contributed by atoms with van der Waals surface area (Å²) in [6.07, 6.45) is 0.254. The lowest BCUT2D eigenvalue weighted by Gasteiger charge is -2.49. The van der Waals surface area contributed by atoms with E-state index < -0.39 is 0 Å². The van der Waals surface area contributed by atoms with Gasteiger partial charge in [-0.1, -0.05) is 25.5 Å². The van der Waals surface area contributed by atoms with Crippen molar-refractivity contribution in [3.63, 3.8) is 0 Å². The van der Waals surface area contributed by atoms with Gasteiger partial charge in [-0.2, -0.15) is 0 Å². The number of carbonyl (C=O) groups excluding carboxylic acids is 1. The monoisotopic (exact) mass is 263 g/mol. The second-order valence-electron chi connectivity index (χ2n) is 5.80. The molecule has 19 heavy (non-hydrogen) atoms. The van der Waals surface area contributed by atoms with E-state index in [-0.39, 0.29) is 23.5 Å². The van der Waals surface area contributed by atoms with Crippen LogP contribution in [0.15, 0.2) is 18.2 Å². The van der Waals surface area contributed by atoms with Gasteiger partial charge in [0.1, 0.15) is 5.75 Å². The van der Waals surface area contributed by atoms with E-state index in [0.29, 0.717) is 17.7 Å². The lowest BCUT2D eigenvalue weighted by atomic mass is 9.64. The summed E-state index contributed by atoms with van der Waals surface area (Å²) in [6, 6.07) is 5.52. The van der Waals surface area contributed by atoms with Crippen molar-refractivity contribution >= 4 is 5.91 Å². The van der Waals surface area contributed by atoms with Crippen molar-refractivity contribution in [2.24, 2.45) is 5.41 Å². The van der Waals surface area contributed by atoms with E-state index in [4.69, 9.17) is 4.74 Å². The summed E-state index contributed by atoms with van der Waals surface area (Å²) < 4.78 is 5.22. The lowest BCUT2D eigenvalue weighted by molar-refractivity contribution is -0.0689. The van der Waals surface area contributed by atoms with Gasteiger partial charge in [-0.15, -0.1) is 0 Å². The molecule has 0 spiro atoms. The van der Waals surface area contributed by atoms with Gasteiger partial charge in [-0.25, -0.2) is 0 Å². The molecule has 2 atom stereocenters. The summed E-state index contributed by atoms with van der Waals surface area (Å²) >= 11 is 0. The number of aryl methyl sites for hydroxylation is 1. The highest BCUT2D eigenvalue weighted by molar-refractivity contribution is 5.97. The van der Waals surface area contributed by atoms with Gasteiger partial charge >= 0.3 is 0 Å². The molecule has 0 saturated heterocycles. The average molecular weight is 263 g/mol. The number of benzene rings is 1. The Morgan fingerprint density at radius 3 is 2.68 bits per heavy atom. The fourth-order valence-electron chi connectivity index (χ4n) is 2.38. The van der Waals surface area contributed by atoms with Crippen molar-refractivity contribution in [2.75, 3.05) is 7.11 Å². The zero-order valence-electron chi connectivity index (χ0n) is 11.9. The summed E-state index contributed by atoms with van der Waals surface area (Å²) in [5.41, 5.74) is 1.28. The van der Waals surface area contributed by atoms with Gasteiger partial charge in [0.25, 0.3) is 5.91 Å². The van der Waals surface area contributed by atoms with Crippen LogP contribution in [-0.4, -0.2) is 30.3 Å². The minimum atomic E-state index is -0.350. The number of rotatable bonds is 3. The number of methoxy groups -OCH3 is 1. The van der Waals surface area contributed by atoms with Crippen LogP contribution in [-0.2, 0) is 0 Å². The Labute approximate surface area is 113 Å². The Hall–Kier alpha value is -1.55. The van der Waals surface area contributed by atoms with Crippen LogP contribution < -0.4 is 10.1 Å². The molecular weight excluding hydrogens is 242 g/mol. The Balaban J connectivity index is 2.15. The molecule has 2 N–H and O–H groups in total. The van der Waals surface area contributed by atoms with Gasteiger partial charge in [0.15, 0.2) is 0 Å². The lowest BCUT2D eigenvalue weighted by Crippen LogP contribution is -2.61. The van der Waals surface area contributed by atoms with Crippen molar-refractivity contribution in [3.8, 4) is 5.75 Å². The van der Waals surface area contributed by atoms with Gasteiger partial charge in [0.2, 0.25) is 0 Å². The molecule has 1 aliphatic rings. The third-order valence-electron chi connectivity index (χ3n) is 4.12. The molecule has 0 heterocycles. The Morgan fingerprint density at radius 2 is 2.16 bits per heavy atom. The fourth-order valence-corrected chi connectivity index (χ4v) is 2.38. The number of nitrogens with one attached hydrogen (secondary N) is 1. The van der Waals surface area contributed by atoms with E-state index in [1.807, 2.05) is 32.9 Å². The smallest absolute Gasteiger partial charge is 0.255 e. The Morgan fingerprint density at radius 1 is 1.47 bits per heavy atom. The number of ether oxygens (including phenoxy) is 1. The maximum absolute atomic E-state index is 12.3. The van der Waals surface area contributed by atoms with Crippen LogP contribution in [0.3, 0.4) is 0 Å². The minimum Gasteiger partial charge on any atom is -0.496 e. The average Bonchev–Trinajstić information content (AvgIpc) is 2.38. The topological polar surface area (TPSA) is 58.6 Å². The summed E-state index contributed by atoms with van der Waals surface area (Å²) in [7, 11) is 1.55. The largest absolute Gasteiger partial charge is 0.496 e. The molecule has 2 unspecified atom stereocenters. The van der Waals surface area contributed by atoms with Crippen LogP contribution in [0, 0.1) is 12.3 Å². The van der Waals surface area contributed by atoms with Crippen molar-refractivity contribution in [2.45, 2.75) is 39.3 Å². The summed E-state index contributed by atoms with van der Waals surface area (Å²) in [6.45, 7) is 5.85. The van der Waals surface area contributed by atoms with E-state index in [9.17, 15) is 9.90 Å². The first kappa shape index (κ1) is 13.9. The molecule has 1 aromatic carbocycles. The Kier molecular flexibility index (Phi) is 3.54. The predicted octanol–water partition coefficient (Wildman–Crippen LogP) is 1.89. The molecule has 0 aliphatic heterocycles. The van der Waals surface area contributed by atoms with E-state index in [1.165, 1.54) is 0 Å². The minimum absolute atomic E-state index is 0.000202. The first-order chi connectivity index (χ1) is 8.86. The number of carbonyl (C=O) groups is 1. The van der Waals surface area contributed by atoms with E-state index in [2.05, 4.69) is 5.32 Å². The molecule has 2 rings (SSSR count). The number of amides is 1. The van der Waals surface area contributed by atoms with Gasteiger partial charge in [0, 0.05) is 11.5 Å². The van der Waals surface area contributed by atoms with Crippen LogP contribution in [0.25, 0.3) is 0 Å². The van der Waals surface area contributed by atoms with Gasteiger partial charge in [0.05, 0.1) is 18.8 Å². The summed E-state index contributed by atoms with van der Waals surface area (Å²) in [4.78, 5) is 12.3. The van der Waals surface area contributed by atoms with Crippen LogP contribution in [0.4, 0.5) is 0 Å². The molecule has 1 fully saturated rings. The van der Waals surface area contributed by atoms with Crippen molar-refractivity contribution in [3.05, 3.63) is 29.3 Å². The quantitative estimate of drug-likeness (QED) is 0.875. The highest BCUT2D eigenvalue weighted by atomic mass is 16.5. The molecule has 104 valence electrons. The molecule has 0 bridgehead atoms. The van der Waals surface area contributed by atoms with Gasteiger partial charge < -0.3 is 15.2 Å². The molecule has 0 radical (unpaired) electrons. The van der Waals surface area contributed by atoms with Crippen LogP contribution in [0.2, 0.25) is 0 Å². The second kappa shape index (κ2) is 4.85. The molecular formula is C15H21NO3. The zero-order valence-corrected chi connectivity index (χ0v) is 11.9. The number of hydrogen-bond acceptors (Lipinski definition) is 3. The fraction of sp³-hybridized carbons (Fsp3) is 0.533. The van der Waals surface area contributed by atoms with E-state index in [0.717, 1.165) is 5.56 Å². The van der Waals surface area contributed by atoms with Crippen molar-refractivity contribution in [1.29, 1.82) is 0 Å². The third-order valence-corrected chi connectivity index (χ3v) is 4.12. The SMILES string of the molecule is COc1ccc(C)cc1C(=O)NC1CC(O)C1(C)C. The first-order valence-electron chi connectivity index (χ1n) is 6.50. The predicted molar refractivity (Wildman–Crippen MR) is 73.4 cm³/mol. The maximum atomic E-state index is 12.3. The number of aliphatic hydroxyl groups excluding tert-OH is 1. The normalized spacial score (nSPS) is 24.5. The van der Waals surface area contributed by atoms with E-state index in [1.54, 1.807) is 13.2 Å². The standard InChI is InChI=1S/C15H21NO3/c1-9-5-6-11(19-4)10(7-9)14(18)16-12-8-13(17)15(12,2)3/h5-7,12-13,17H,8H2,1-4H3,(H,16,18). The third kappa shape index (κ3) is 2.45. The molecule has 0 aromatic heterocycles. The highest BCUT2D eigenvalue weighted by Gasteiger charge is 2.48.